The molecule has 0 aromatic heterocycles. The summed E-state index contributed by atoms with van der Waals surface area (Å²) < 4.78 is 5.99. The second-order valence-corrected chi connectivity index (χ2v) is 5.29. The van der Waals surface area contributed by atoms with E-state index >= 15 is 0 Å². The third-order valence-electron chi connectivity index (χ3n) is 3.40. The van der Waals surface area contributed by atoms with Crippen molar-refractivity contribution >= 4 is 22.4 Å². The Morgan fingerprint density at radius 1 is 0.905 bits per heavy atom. The van der Waals surface area contributed by atoms with Crippen molar-refractivity contribution < 1.29 is 4.74 Å². The number of halogens is 1. The SMILES string of the molecule is NCCc1ccc(Oc2cccc3ccccc23)c(Cl)c1. The zero-order chi connectivity index (χ0) is 14.7. The summed E-state index contributed by atoms with van der Waals surface area (Å²) in [5.74, 6) is 1.47. The van der Waals surface area contributed by atoms with Gasteiger partial charge in [-0.05, 0) is 42.1 Å². The molecule has 106 valence electrons. The average molecular weight is 298 g/mol. The predicted octanol–water partition coefficient (Wildman–Crippen LogP) is 4.79. The largest absolute Gasteiger partial charge is 0.455 e. The molecule has 0 saturated carbocycles. The Bertz CT molecular complexity index is 765. The highest BCUT2D eigenvalue weighted by Gasteiger charge is 2.07. The summed E-state index contributed by atoms with van der Waals surface area (Å²) in [6.07, 6.45) is 0.814. The average Bonchev–Trinajstić information content (AvgIpc) is 2.51. The first-order chi connectivity index (χ1) is 10.3. The standard InChI is InChI=1S/C18H16ClNO/c19-16-12-13(10-11-20)8-9-18(16)21-17-7-3-5-14-4-1-2-6-15(14)17/h1-9,12H,10-11,20H2. The molecule has 0 unspecified atom stereocenters. The molecule has 3 aromatic rings. The summed E-state index contributed by atoms with van der Waals surface area (Å²) in [7, 11) is 0. The molecule has 0 spiro atoms. The van der Waals surface area contributed by atoms with E-state index in [-0.39, 0.29) is 0 Å². The highest BCUT2D eigenvalue weighted by atomic mass is 35.5. The molecule has 3 rings (SSSR count). The molecule has 3 heteroatoms. The van der Waals surface area contributed by atoms with E-state index in [1.807, 2.05) is 48.5 Å². The Morgan fingerprint density at radius 3 is 2.52 bits per heavy atom. The molecule has 0 atom stereocenters. The smallest absolute Gasteiger partial charge is 0.146 e. The summed E-state index contributed by atoms with van der Waals surface area (Å²) >= 11 is 6.30. The van der Waals surface area contributed by atoms with Crippen LogP contribution in [0.2, 0.25) is 5.02 Å². The van der Waals surface area contributed by atoms with Crippen molar-refractivity contribution in [2.24, 2.45) is 5.73 Å². The Kier molecular flexibility index (Phi) is 4.09. The van der Waals surface area contributed by atoms with Crippen LogP contribution in [0.25, 0.3) is 10.8 Å². The number of hydrogen-bond acceptors (Lipinski definition) is 2. The zero-order valence-corrected chi connectivity index (χ0v) is 12.3. The summed E-state index contributed by atoms with van der Waals surface area (Å²) in [4.78, 5) is 0. The van der Waals surface area contributed by atoms with Gasteiger partial charge in [0, 0.05) is 5.39 Å². The van der Waals surface area contributed by atoms with Gasteiger partial charge in [-0.15, -0.1) is 0 Å². The van der Waals surface area contributed by atoms with Crippen LogP contribution in [0, 0.1) is 0 Å². The van der Waals surface area contributed by atoms with Crippen LogP contribution in [0.15, 0.2) is 60.7 Å². The Morgan fingerprint density at radius 2 is 1.71 bits per heavy atom. The molecule has 0 saturated heterocycles. The van der Waals surface area contributed by atoms with Crippen molar-refractivity contribution in [1.29, 1.82) is 0 Å². The number of rotatable bonds is 4. The van der Waals surface area contributed by atoms with Gasteiger partial charge in [0.05, 0.1) is 5.02 Å². The lowest BCUT2D eigenvalue weighted by Crippen LogP contribution is -2.02. The maximum Gasteiger partial charge on any atom is 0.146 e. The molecule has 21 heavy (non-hydrogen) atoms. The fourth-order valence-electron chi connectivity index (χ4n) is 2.35. The summed E-state index contributed by atoms with van der Waals surface area (Å²) in [5.41, 5.74) is 6.68. The first-order valence-corrected chi connectivity index (χ1v) is 7.30. The number of hydrogen-bond donors (Lipinski definition) is 1. The van der Waals surface area contributed by atoms with Crippen LogP contribution in [0.4, 0.5) is 0 Å². The number of benzene rings is 3. The highest BCUT2D eigenvalue weighted by molar-refractivity contribution is 6.32. The van der Waals surface area contributed by atoms with Gasteiger partial charge in [0.25, 0.3) is 0 Å². The van der Waals surface area contributed by atoms with Crippen LogP contribution in [0.5, 0.6) is 11.5 Å². The van der Waals surface area contributed by atoms with Crippen molar-refractivity contribution in [3.63, 3.8) is 0 Å². The first kappa shape index (κ1) is 13.9. The zero-order valence-electron chi connectivity index (χ0n) is 11.6. The van der Waals surface area contributed by atoms with Crippen LogP contribution < -0.4 is 10.5 Å². The van der Waals surface area contributed by atoms with Crippen molar-refractivity contribution in [2.75, 3.05) is 6.54 Å². The molecular formula is C18H16ClNO. The molecular weight excluding hydrogens is 282 g/mol. The van der Waals surface area contributed by atoms with Gasteiger partial charge in [-0.1, -0.05) is 54.1 Å². The lowest BCUT2D eigenvalue weighted by molar-refractivity contribution is 0.488. The topological polar surface area (TPSA) is 35.2 Å². The minimum absolute atomic E-state index is 0.605. The molecule has 0 bridgehead atoms. The number of ether oxygens (including phenoxy) is 1. The van der Waals surface area contributed by atoms with Crippen LogP contribution in [-0.4, -0.2) is 6.54 Å². The monoisotopic (exact) mass is 297 g/mol. The van der Waals surface area contributed by atoms with Crippen LogP contribution in [0.3, 0.4) is 0 Å². The maximum absolute atomic E-state index is 6.30. The minimum Gasteiger partial charge on any atom is -0.455 e. The van der Waals surface area contributed by atoms with Crippen molar-refractivity contribution in [1.82, 2.24) is 0 Å². The van der Waals surface area contributed by atoms with Crippen LogP contribution >= 0.6 is 11.6 Å². The fraction of sp³-hybridized carbons (Fsp3) is 0.111. The Balaban J connectivity index is 1.95. The van der Waals surface area contributed by atoms with Gasteiger partial charge >= 0.3 is 0 Å². The van der Waals surface area contributed by atoms with Gasteiger partial charge in [0.15, 0.2) is 0 Å². The molecule has 0 fully saturated rings. The van der Waals surface area contributed by atoms with E-state index in [1.54, 1.807) is 0 Å². The lowest BCUT2D eigenvalue weighted by atomic mass is 10.1. The molecule has 0 aliphatic heterocycles. The van der Waals surface area contributed by atoms with E-state index in [0.717, 1.165) is 28.5 Å². The van der Waals surface area contributed by atoms with E-state index in [2.05, 4.69) is 12.1 Å². The first-order valence-electron chi connectivity index (χ1n) is 6.92. The lowest BCUT2D eigenvalue weighted by Gasteiger charge is -2.11. The molecule has 0 amide bonds. The molecule has 2 N–H and O–H groups in total. The fourth-order valence-corrected chi connectivity index (χ4v) is 2.59. The third kappa shape index (κ3) is 3.02. The van der Waals surface area contributed by atoms with Gasteiger partial charge in [0.1, 0.15) is 11.5 Å². The van der Waals surface area contributed by atoms with Crippen molar-refractivity contribution in [3.05, 3.63) is 71.2 Å². The number of fused-ring (bicyclic) bond motifs is 1. The predicted molar refractivity (Wildman–Crippen MR) is 88.2 cm³/mol. The van der Waals surface area contributed by atoms with Gasteiger partial charge in [-0.3, -0.25) is 0 Å². The summed E-state index contributed by atoms with van der Waals surface area (Å²) in [5, 5.41) is 2.82. The maximum atomic E-state index is 6.30. The molecule has 0 radical (unpaired) electrons. The second kappa shape index (κ2) is 6.17. The summed E-state index contributed by atoms with van der Waals surface area (Å²) in [6, 6.07) is 19.9. The van der Waals surface area contributed by atoms with E-state index in [1.165, 1.54) is 0 Å². The van der Waals surface area contributed by atoms with Crippen LogP contribution in [0.1, 0.15) is 5.56 Å². The second-order valence-electron chi connectivity index (χ2n) is 4.88. The number of nitrogens with two attached hydrogens (primary N) is 1. The molecule has 2 nitrogen and oxygen atoms in total. The third-order valence-corrected chi connectivity index (χ3v) is 3.69. The molecule has 0 heterocycles. The van der Waals surface area contributed by atoms with Gasteiger partial charge < -0.3 is 10.5 Å². The van der Waals surface area contributed by atoms with E-state index in [0.29, 0.717) is 17.3 Å². The quantitative estimate of drug-likeness (QED) is 0.751. The summed E-state index contributed by atoms with van der Waals surface area (Å²) in [6.45, 7) is 0.611. The van der Waals surface area contributed by atoms with E-state index in [9.17, 15) is 0 Å². The van der Waals surface area contributed by atoms with E-state index in [4.69, 9.17) is 22.1 Å². The molecule has 0 aliphatic carbocycles. The molecule has 0 aliphatic rings. The highest BCUT2D eigenvalue weighted by Crippen LogP contribution is 2.34. The normalized spacial score (nSPS) is 10.8. The van der Waals surface area contributed by atoms with E-state index < -0.39 is 0 Å². The van der Waals surface area contributed by atoms with Crippen molar-refractivity contribution in [2.45, 2.75) is 6.42 Å². The van der Waals surface area contributed by atoms with Gasteiger partial charge in [-0.25, -0.2) is 0 Å². The minimum atomic E-state index is 0.605. The van der Waals surface area contributed by atoms with Crippen LogP contribution in [-0.2, 0) is 6.42 Å². The van der Waals surface area contributed by atoms with Crippen molar-refractivity contribution in [3.8, 4) is 11.5 Å². The Labute approximate surface area is 129 Å². The van der Waals surface area contributed by atoms with Gasteiger partial charge in [-0.2, -0.15) is 0 Å². The van der Waals surface area contributed by atoms with Gasteiger partial charge in [0.2, 0.25) is 0 Å². The Hall–Kier alpha value is -2.03. The molecule has 3 aromatic carbocycles.